The molecule has 0 aromatic carbocycles. The Kier molecular flexibility index (Phi) is 4.02. The minimum atomic E-state index is -0.966. The van der Waals surface area contributed by atoms with Crippen LogP contribution in [0.3, 0.4) is 0 Å². The quantitative estimate of drug-likeness (QED) is 0.605. The van der Waals surface area contributed by atoms with E-state index in [1.807, 2.05) is 19.1 Å². The molecular formula is C14H19NO4. The average molecular weight is 265 g/mol. The van der Waals surface area contributed by atoms with Gasteiger partial charge in [0.1, 0.15) is 0 Å². The molecule has 1 N–H and O–H groups in total. The van der Waals surface area contributed by atoms with Gasteiger partial charge < -0.3 is 5.11 Å². The molecule has 0 saturated carbocycles. The summed E-state index contributed by atoms with van der Waals surface area (Å²) in [7, 11) is 0. The normalized spacial score (nSPS) is 27.5. The van der Waals surface area contributed by atoms with Crippen molar-refractivity contribution >= 4 is 17.8 Å². The first-order valence-corrected chi connectivity index (χ1v) is 6.80. The molecule has 0 radical (unpaired) electrons. The van der Waals surface area contributed by atoms with Gasteiger partial charge >= 0.3 is 5.97 Å². The van der Waals surface area contributed by atoms with Crippen LogP contribution in [0.1, 0.15) is 39.0 Å². The zero-order valence-corrected chi connectivity index (χ0v) is 11.0. The second-order valence-corrected chi connectivity index (χ2v) is 5.24. The topological polar surface area (TPSA) is 74.7 Å². The van der Waals surface area contributed by atoms with Crippen molar-refractivity contribution in [2.75, 3.05) is 0 Å². The molecule has 1 fully saturated rings. The van der Waals surface area contributed by atoms with Crippen molar-refractivity contribution in [1.29, 1.82) is 0 Å². The predicted molar refractivity (Wildman–Crippen MR) is 68.2 cm³/mol. The molecule has 0 spiro atoms. The summed E-state index contributed by atoms with van der Waals surface area (Å²) in [4.78, 5) is 36.8. The zero-order valence-electron chi connectivity index (χ0n) is 11.0. The standard InChI is InChI=1S/C14H19NO4/c1-2-5-9(8-12(16)17)15-13(18)10-6-3-4-7-11(10)14(15)19/h3-4,9-11H,2,5-8H2,1H3,(H,16,17). The third-order valence-corrected chi connectivity index (χ3v) is 3.94. The van der Waals surface area contributed by atoms with Gasteiger partial charge in [0.25, 0.3) is 0 Å². The van der Waals surface area contributed by atoms with Crippen LogP contribution in [-0.4, -0.2) is 33.8 Å². The summed E-state index contributed by atoms with van der Waals surface area (Å²) < 4.78 is 0. The van der Waals surface area contributed by atoms with Gasteiger partial charge in [-0.05, 0) is 19.3 Å². The Morgan fingerprint density at radius 2 is 1.84 bits per heavy atom. The SMILES string of the molecule is CCCC(CC(=O)O)N1C(=O)C2CC=CCC2C1=O. The molecule has 1 heterocycles. The van der Waals surface area contributed by atoms with Crippen molar-refractivity contribution in [1.82, 2.24) is 4.90 Å². The van der Waals surface area contributed by atoms with E-state index in [0.717, 1.165) is 6.42 Å². The fourth-order valence-corrected chi connectivity index (χ4v) is 3.04. The lowest BCUT2D eigenvalue weighted by atomic mass is 9.85. The summed E-state index contributed by atoms with van der Waals surface area (Å²) in [6.45, 7) is 1.93. The van der Waals surface area contributed by atoms with E-state index >= 15 is 0 Å². The highest BCUT2D eigenvalue weighted by Crippen LogP contribution is 2.37. The minimum Gasteiger partial charge on any atom is -0.481 e. The van der Waals surface area contributed by atoms with Crippen LogP contribution in [0.25, 0.3) is 0 Å². The molecule has 0 aromatic rings. The van der Waals surface area contributed by atoms with Crippen LogP contribution in [0.4, 0.5) is 0 Å². The molecule has 2 aliphatic rings. The number of allylic oxidation sites excluding steroid dienone is 2. The maximum atomic E-state index is 12.3. The van der Waals surface area contributed by atoms with Gasteiger partial charge in [0.15, 0.2) is 0 Å². The molecule has 19 heavy (non-hydrogen) atoms. The fraction of sp³-hybridized carbons (Fsp3) is 0.643. The van der Waals surface area contributed by atoms with Crippen molar-refractivity contribution in [2.24, 2.45) is 11.8 Å². The van der Waals surface area contributed by atoms with E-state index in [4.69, 9.17) is 5.11 Å². The molecule has 2 amide bonds. The molecular weight excluding hydrogens is 246 g/mol. The molecule has 2 rings (SSSR count). The number of carbonyl (C=O) groups is 3. The molecule has 5 nitrogen and oxygen atoms in total. The highest BCUT2D eigenvalue weighted by molar-refractivity contribution is 6.06. The van der Waals surface area contributed by atoms with E-state index in [1.165, 1.54) is 4.90 Å². The van der Waals surface area contributed by atoms with Gasteiger partial charge in [-0.25, -0.2) is 0 Å². The first-order valence-electron chi connectivity index (χ1n) is 6.80. The molecule has 0 bridgehead atoms. The lowest BCUT2D eigenvalue weighted by molar-refractivity contribution is -0.145. The van der Waals surface area contributed by atoms with Crippen LogP contribution in [-0.2, 0) is 14.4 Å². The Balaban J connectivity index is 2.20. The van der Waals surface area contributed by atoms with Crippen LogP contribution in [0.5, 0.6) is 0 Å². The Morgan fingerprint density at radius 3 is 2.26 bits per heavy atom. The van der Waals surface area contributed by atoms with Gasteiger partial charge in [-0.1, -0.05) is 25.5 Å². The van der Waals surface area contributed by atoms with Gasteiger partial charge in [-0.15, -0.1) is 0 Å². The van der Waals surface area contributed by atoms with Crippen LogP contribution < -0.4 is 0 Å². The summed E-state index contributed by atoms with van der Waals surface area (Å²) in [6, 6.07) is -0.493. The average Bonchev–Trinajstić information content (AvgIpc) is 2.62. The van der Waals surface area contributed by atoms with Gasteiger partial charge in [-0.3, -0.25) is 19.3 Å². The molecule has 0 aromatic heterocycles. The smallest absolute Gasteiger partial charge is 0.305 e. The van der Waals surface area contributed by atoms with Gasteiger partial charge in [0, 0.05) is 0 Å². The lowest BCUT2D eigenvalue weighted by Gasteiger charge is -2.25. The number of aliphatic carboxylic acids is 1. The van der Waals surface area contributed by atoms with Crippen molar-refractivity contribution in [3.8, 4) is 0 Å². The highest BCUT2D eigenvalue weighted by atomic mass is 16.4. The number of rotatable bonds is 5. The van der Waals surface area contributed by atoms with E-state index in [-0.39, 0.29) is 30.1 Å². The highest BCUT2D eigenvalue weighted by Gasteiger charge is 2.49. The fourth-order valence-electron chi connectivity index (χ4n) is 3.04. The number of carboxylic acid groups (broad SMARTS) is 1. The summed E-state index contributed by atoms with van der Waals surface area (Å²) in [5, 5.41) is 8.94. The van der Waals surface area contributed by atoms with E-state index < -0.39 is 12.0 Å². The summed E-state index contributed by atoms with van der Waals surface area (Å²) in [5.74, 6) is -1.87. The number of hydrogen-bond acceptors (Lipinski definition) is 3. The van der Waals surface area contributed by atoms with Crippen LogP contribution in [0.2, 0.25) is 0 Å². The predicted octanol–water partition coefficient (Wildman–Crippen LogP) is 1.58. The maximum Gasteiger partial charge on any atom is 0.305 e. The van der Waals surface area contributed by atoms with E-state index in [0.29, 0.717) is 19.3 Å². The first-order chi connectivity index (χ1) is 9.06. The largest absolute Gasteiger partial charge is 0.481 e. The molecule has 104 valence electrons. The van der Waals surface area contributed by atoms with E-state index in [1.54, 1.807) is 0 Å². The van der Waals surface area contributed by atoms with E-state index in [2.05, 4.69) is 0 Å². The number of carboxylic acids is 1. The first kappa shape index (κ1) is 13.8. The Morgan fingerprint density at radius 1 is 1.32 bits per heavy atom. The Hall–Kier alpha value is -1.65. The van der Waals surface area contributed by atoms with E-state index in [9.17, 15) is 14.4 Å². The van der Waals surface area contributed by atoms with Gasteiger partial charge in [-0.2, -0.15) is 0 Å². The van der Waals surface area contributed by atoms with Crippen molar-refractivity contribution in [2.45, 2.75) is 45.1 Å². The molecule has 1 saturated heterocycles. The van der Waals surface area contributed by atoms with Crippen molar-refractivity contribution in [3.05, 3.63) is 12.2 Å². The molecule has 1 aliphatic carbocycles. The second-order valence-electron chi connectivity index (χ2n) is 5.24. The number of imide groups is 1. The minimum absolute atomic E-state index is 0.155. The Labute approximate surface area is 112 Å². The number of nitrogens with zero attached hydrogens (tertiary/aromatic N) is 1. The number of hydrogen-bond donors (Lipinski definition) is 1. The lowest BCUT2D eigenvalue weighted by Crippen LogP contribution is -2.42. The van der Waals surface area contributed by atoms with Crippen LogP contribution in [0.15, 0.2) is 12.2 Å². The Bertz CT molecular complexity index is 403. The maximum absolute atomic E-state index is 12.3. The van der Waals surface area contributed by atoms with Crippen LogP contribution in [0, 0.1) is 11.8 Å². The summed E-state index contributed by atoms with van der Waals surface area (Å²) in [6.07, 6.45) is 6.20. The third-order valence-electron chi connectivity index (χ3n) is 3.94. The molecule has 5 heteroatoms. The number of amides is 2. The number of carbonyl (C=O) groups excluding carboxylic acids is 2. The summed E-state index contributed by atoms with van der Waals surface area (Å²) in [5.41, 5.74) is 0. The van der Waals surface area contributed by atoms with Gasteiger partial charge in [0.2, 0.25) is 11.8 Å². The molecule has 1 aliphatic heterocycles. The van der Waals surface area contributed by atoms with Gasteiger partial charge in [0.05, 0.1) is 24.3 Å². The second kappa shape index (κ2) is 5.55. The van der Waals surface area contributed by atoms with Crippen molar-refractivity contribution < 1.29 is 19.5 Å². The van der Waals surface area contributed by atoms with Crippen LogP contribution >= 0.6 is 0 Å². The molecule has 3 atom stereocenters. The van der Waals surface area contributed by atoms with Crippen molar-refractivity contribution in [3.63, 3.8) is 0 Å². The zero-order chi connectivity index (χ0) is 14.0. The molecule has 3 unspecified atom stereocenters. The number of fused-ring (bicyclic) bond motifs is 1. The third kappa shape index (κ3) is 2.55. The number of likely N-dealkylation sites (tertiary alicyclic amines) is 1. The summed E-state index contributed by atoms with van der Waals surface area (Å²) >= 11 is 0. The monoisotopic (exact) mass is 265 g/mol.